The van der Waals surface area contributed by atoms with Crippen LogP contribution in [-0.4, -0.2) is 90.1 Å². The third-order valence-corrected chi connectivity index (χ3v) is 10.6. The van der Waals surface area contributed by atoms with Gasteiger partial charge in [0, 0.05) is 41.7 Å². The van der Waals surface area contributed by atoms with Crippen LogP contribution >= 0.6 is 11.6 Å². The zero-order valence-electron chi connectivity index (χ0n) is 25.7. The summed E-state index contributed by atoms with van der Waals surface area (Å²) in [7, 11) is 1.87. The zero-order valence-corrected chi connectivity index (χ0v) is 26.5. The van der Waals surface area contributed by atoms with Crippen LogP contribution in [0.3, 0.4) is 0 Å². The molecule has 1 aromatic heterocycles. The summed E-state index contributed by atoms with van der Waals surface area (Å²) in [5.74, 6) is 0.531. The maximum absolute atomic E-state index is 17.1. The number of piperazine rings is 1. The van der Waals surface area contributed by atoms with Gasteiger partial charge in [-0.25, -0.2) is 13.6 Å². The Kier molecular flexibility index (Phi) is 8.90. The minimum absolute atomic E-state index is 0.00225. The first-order chi connectivity index (χ1) is 21.7. The second-order valence-corrected chi connectivity index (χ2v) is 13.1. The van der Waals surface area contributed by atoms with E-state index in [0.717, 1.165) is 11.1 Å². The van der Waals surface area contributed by atoms with E-state index in [1.54, 1.807) is 4.90 Å². The summed E-state index contributed by atoms with van der Waals surface area (Å²) in [5, 5.41) is 10.2. The van der Waals surface area contributed by atoms with Crippen molar-refractivity contribution in [3.63, 3.8) is 0 Å². The quantitative estimate of drug-likeness (QED) is 0.366. The van der Waals surface area contributed by atoms with Gasteiger partial charge in [0.2, 0.25) is 0 Å². The molecule has 9 nitrogen and oxygen atoms in total. The molecule has 0 radical (unpaired) electrons. The van der Waals surface area contributed by atoms with Crippen LogP contribution < -0.4 is 9.64 Å². The maximum atomic E-state index is 17.1. The number of aromatic nitrogens is 2. The van der Waals surface area contributed by atoms with Crippen molar-refractivity contribution in [2.75, 3.05) is 44.8 Å². The average Bonchev–Trinajstić information content (AvgIpc) is 3.53. The molecule has 45 heavy (non-hydrogen) atoms. The van der Waals surface area contributed by atoms with Crippen molar-refractivity contribution < 1.29 is 23.0 Å². The second kappa shape index (κ2) is 12.7. The number of hydrogen-bond donors (Lipinski definition) is 0. The molecule has 12 heteroatoms. The first-order valence-electron chi connectivity index (χ1n) is 15.7. The summed E-state index contributed by atoms with van der Waals surface area (Å²) >= 11 is 6.54. The van der Waals surface area contributed by atoms with Crippen LogP contribution in [0.4, 0.5) is 19.4 Å². The van der Waals surface area contributed by atoms with E-state index < -0.39 is 35.9 Å². The van der Waals surface area contributed by atoms with Crippen molar-refractivity contribution in [2.24, 2.45) is 0 Å². The lowest BCUT2D eigenvalue weighted by Crippen LogP contribution is -2.56. The molecule has 1 spiro atoms. The molecule has 1 unspecified atom stereocenters. The predicted octanol–water partition coefficient (Wildman–Crippen LogP) is 5.51. The van der Waals surface area contributed by atoms with Crippen molar-refractivity contribution in [2.45, 2.75) is 81.3 Å². The smallest absolute Gasteiger partial charge is 0.410 e. The van der Waals surface area contributed by atoms with E-state index in [1.807, 2.05) is 42.0 Å². The van der Waals surface area contributed by atoms with Crippen molar-refractivity contribution in [3.05, 3.63) is 58.3 Å². The number of halogens is 3. The molecule has 0 bridgehead atoms. The van der Waals surface area contributed by atoms with Crippen molar-refractivity contribution in [3.8, 4) is 12.1 Å². The number of benzene rings is 1. The highest BCUT2D eigenvalue weighted by molar-refractivity contribution is 6.31. The van der Waals surface area contributed by atoms with E-state index >= 15 is 4.39 Å². The highest BCUT2D eigenvalue weighted by Crippen LogP contribution is 2.56. The van der Waals surface area contributed by atoms with Crippen LogP contribution in [-0.2, 0) is 23.0 Å². The van der Waals surface area contributed by atoms with E-state index in [1.165, 1.54) is 6.08 Å². The van der Waals surface area contributed by atoms with Gasteiger partial charge in [0.05, 0.1) is 30.3 Å². The van der Waals surface area contributed by atoms with Crippen LogP contribution in [0.1, 0.15) is 61.2 Å². The number of rotatable bonds is 7. The molecular formula is C33H39ClF2N6O3. The van der Waals surface area contributed by atoms with Gasteiger partial charge in [0.15, 0.2) is 6.17 Å². The molecular weight excluding hydrogens is 602 g/mol. The Balaban J connectivity index is 1.35. The predicted molar refractivity (Wildman–Crippen MR) is 166 cm³/mol. The minimum Gasteiger partial charge on any atom is -0.462 e. The van der Waals surface area contributed by atoms with Gasteiger partial charge in [-0.05, 0) is 63.3 Å². The van der Waals surface area contributed by atoms with Gasteiger partial charge in [0.25, 0.3) is 0 Å². The molecule has 240 valence electrons. The molecule has 2 aromatic rings. The van der Waals surface area contributed by atoms with Gasteiger partial charge in [-0.1, -0.05) is 36.4 Å². The second-order valence-electron chi connectivity index (χ2n) is 12.6. The fourth-order valence-electron chi connectivity index (χ4n) is 7.66. The summed E-state index contributed by atoms with van der Waals surface area (Å²) in [6, 6.07) is 7.01. The minimum atomic E-state index is -1.43. The Morgan fingerprint density at radius 1 is 1.24 bits per heavy atom. The fraction of sp³-hybridized carbons (Fsp3) is 0.576. The number of fused-ring (bicyclic) bond motifs is 3. The SMILES string of the molecule is C=CCOC(=O)N1CCN(c2nc(OCC3[C@@H](F)C[C@@H](C)N3C)nc3c2CC[C@@]2(CCc4c(Cl)cccc42)[C@H]3F)C[C@@H]1CC#N. The molecule has 0 N–H and O–H groups in total. The van der Waals surface area contributed by atoms with Crippen molar-refractivity contribution >= 4 is 23.5 Å². The number of amides is 1. The topological polar surface area (TPSA) is 94.8 Å². The molecule has 6 atom stereocenters. The molecule has 2 fully saturated rings. The summed E-state index contributed by atoms with van der Waals surface area (Å²) in [5.41, 5.74) is 2.13. The van der Waals surface area contributed by atoms with Gasteiger partial charge in [-0.3, -0.25) is 4.90 Å². The van der Waals surface area contributed by atoms with Gasteiger partial charge in [-0.15, -0.1) is 0 Å². The molecule has 1 aromatic carbocycles. The van der Waals surface area contributed by atoms with Crippen LogP contribution in [0.2, 0.25) is 5.02 Å². The van der Waals surface area contributed by atoms with Crippen molar-refractivity contribution in [1.82, 2.24) is 19.8 Å². The number of hydrogen-bond acceptors (Lipinski definition) is 8. The number of anilines is 1. The molecule has 6 rings (SSSR count). The number of likely N-dealkylation sites (tertiary alicyclic amines) is 1. The number of carbonyl (C=O) groups excluding carboxylic acids is 1. The summed E-state index contributed by atoms with van der Waals surface area (Å²) in [6.07, 6.45) is 1.41. The molecule has 4 aliphatic rings. The van der Waals surface area contributed by atoms with E-state index in [2.05, 4.69) is 17.6 Å². The molecule has 2 aliphatic heterocycles. The number of nitrogens with zero attached hydrogens (tertiary/aromatic N) is 6. The molecule has 1 amide bonds. The van der Waals surface area contributed by atoms with Crippen LogP contribution in [0.15, 0.2) is 30.9 Å². The lowest BCUT2D eigenvalue weighted by molar-refractivity contribution is 0.0904. The first-order valence-corrected chi connectivity index (χ1v) is 16.0. The number of ether oxygens (including phenoxy) is 2. The number of carbonyl (C=O) groups is 1. The first kappa shape index (κ1) is 31.5. The fourth-order valence-corrected chi connectivity index (χ4v) is 7.93. The zero-order chi connectivity index (χ0) is 31.9. The van der Waals surface area contributed by atoms with Crippen LogP contribution in [0.5, 0.6) is 6.01 Å². The number of alkyl halides is 2. The highest BCUT2D eigenvalue weighted by Gasteiger charge is 2.51. The molecule has 2 saturated heterocycles. The van der Waals surface area contributed by atoms with Crippen LogP contribution in [0.25, 0.3) is 0 Å². The van der Waals surface area contributed by atoms with E-state index in [4.69, 9.17) is 26.1 Å². The van der Waals surface area contributed by atoms with E-state index in [0.29, 0.717) is 68.1 Å². The van der Waals surface area contributed by atoms with Gasteiger partial charge in [0.1, 0.15) is 25.2 Å². The normalized spacial score (nSPS) is 29.3. The average molecular weight is 641 g/mol. The van der Waals surface area contributed by atoms with Crippen LogP contribution in [0, 0.1) is 11.3 Å². The number of nitriles is 1. The summed E-state index contributed by atoms with van der Waals surface area (Å²) in [6.45, 7) is 6.65. The van der Waals surface area contributed by atoms with E-state index in [9.17, 15) is 14.4 Å². The van der Waals surface area contributed by atoms with Crippen molar-refractivity contribution in [1.29, 1.82) is 5.26 Å². The maximum Gasteiger partial charge on any atom is 0.410 e. The van der Waals surface area contributed by atoms with E-state index in [-0.39, 0.29) is 37.4 Å². The highest BCUT2D eigenvalue weighted by atomic mass is 35.5. The van der Waals surface area contributed by atoms with Gasteiger partial charge >= 0.3 is 12.1 Å². The standard InChI is InChI=1S/C33H39ClF2N6O3/c1-4-16-44-32(43)42-15-14-41(18-21(42)10-13-37)30-23-9-12-33(11-8-22-24(33)6-5-7-25(22)34)29(36)28(23)38-31(39-30)45-19-27-26(35)17-20(2)40(27)3/h4-7,20-21,26-27,29H,1,8-12,14-19H2,2-3H3/t20-,21+,26+,27?,29+,33-/m1/s1. The lowest BCUT2D eigenvalue weighted by Gasteiger charge is -2.43. The largest absolute Gasteiger partial charge is 0.462 e. The lowest BCUT2D eigenvalue weighted by atomic mass is 9.68. The Morgan fingerprint density at radius 2 is 2.02 bits per heavy atom. The number of likely N-dealkylation sites (N-methyl/N-ethyl adjacent to an activating group) is 1. The van der Waals surface area contributed by atoms with Gasteiger partial charge in [-0.2, -0.15) is 15.2 Å². The Hall–Kier alpha value is -3.49. The Labute approximate surface area is 267 Å². The molecule has 0 saturated carbocycles. The monoisotopic (exact) mass is 640 g/mol. The third kappa shape index (κ3) is 5.61. The third-order valence-electron chi connectivity index (χ3n) is 10.3. The summed E-state index contributed by atoms with van der Waals surface area (Å²) in [4.78, 5) is 27.7. The Morgan fingerprint density at radius 3 is 2.73 bits per heavy atom. The molecule has 3 heterocycles. The Bertz CT molecular complexity index is 1510. The van der Waals surface area contributed by atoms with Gasteiger partial charge < -0.3 is 19.3 Å². The molecule has 2 aliphatic carbocycles. The summed E-state index contributed by atoms with van der Waals surface area (Å²) < 4.78 is 43.3.